The van der Waals surface area contributed by atoms with Crippen molar-refractivity contribution in [2.45, 2.75) is 13.0 Å². The maximum Gasteiger partial charge on any atom is 0.268 e. The van der Waals surface area contributed by atoms with Crippen molar-refractivity contribution in [3.63, 3.8) is 0 Å². The van der Waals surface area contributed by atoms with E-state index in [-0.39, 0.29) is 16.9 Å². The van der Waals surface area contributed by atoms with Crippen LogP contribution in [0, 0.1) is 11.8 Å². The number of rotatable bonds is 4. The van der Waals surface area contributed by atoms with Gasteiger partial charge < -0.3 is 11.1 Å². The fourth-order valence-electron chi connectivity index (χ4n) is 4.28. The summed E-state index contributed by atoms with van der Waals surface area (Å²) in [6.45, 7) is 1.76. The lowest BCUT2D eigenvalue weighted by Gasteiger charge is -2.19. The van der Waals surface area contributed by atoms with Gasteiger partial charge >= 0.3 is 0 Å². The molecular weight excluding hydrogens is 514 g/mol. The minimum atomic E-state index is -0.668. The van der Waals surface area contributed by atoms with Crippen LogP contribution in [0.4, 0.5) is 5.82 Å². The summed E-state index contributed by atoms with van der Waals surface area (Å²) in [4.78, 5) is 36.9. The number of carbonyl (C=O) groups excluding carboxylic acids is 1. The Bertz CT molecular complexity index is 1990. The normalized spacial score (nSPS) is 11.8. The molecule has 0 bridgehead atoms. The van der Waals surface area contributed by atoms with Crippen molar-refractivity contribution in [1.82, 2.24) is 39.2 Å². The number of para-hydroxylation sites is 1. The molecule has 0 saturated heterocycles. The number of nitrogens with one attached hydrogen (secondary N) is 1. The van der Waals surface area contributed by atoms with Crippen LogP contribution in [-0.4, -0.2) is 39.8 Å². The van der Waals surface area contributed by atoms with E-state index < -0.39 is 11.9 Å². The number of aromatic nitrogens is 7. The topological polar surface area (TPSA) is 138 Å². The summed E-state index contributed by atoms with van der Waals surface area (Å²) in [7, 11) is 1.82. The van der Waals surface area contributed by atoms with Crippen LogP contribution < -0.4 is 16.6 Å². The van der Waals surface area contributed by atoms with E-state index in [1.165, 1.54) is 20.4 Å². The fraction of sp³-hybridized carbons (Fsp3) is 0.111. The summed E-state index contributed by atoms with van der Waals surface area (Å²) >= 11 is 1.32. The molecule has 0 aliphatic carbocycles. The molecule has 39 heavy (non-hydrogen) atoms. The lowest BCUT2D eigenvalue weighted by atomic mass is 10.2. The third-order valence-corrected chi connectivity index (χ3v) is 6.94. The van der Waals surface area contributed by atoms with Crippen molar-refractivity contribution >= 4 is 38.9 Å². The van der Waals surface area contributed by atoms with Crippen molar-refractivity contribution in [1.29, 1.82) is 0 Å². The van der Waals surface area contributed by atoms with Crippen LogP contribution in [0.3, 0.4) is 0 Å². The second kappa shape index (κ2) is 9.55. The highest BCUT2D eigenvalue weighted by molar-refractivity contribution is 7.17. The Morgan fingerprint density at radius 1 is 1.10 bits per heavy atom. The van der Waals surface area contributed by atoms with Gasteiger partial charge in [0.1, 0.15) is 21.9 Å². The molecule has 6 aromatic rings. The molecule has 5 heterocycles. The van der Waals surface area contributed by atoms with Gasteiger partial charge in [-0.3, -0.25) is 18.8 Å². The Labute approximate surface area is 225 Å². The average Bonchev–Trinajstić information content (AvgIpc) is 3.63. The fourth-order valence-corrected chi connectivity index (χ4v) is 5.15. The van der Waals surface area contributed by atoms with Crippen molar-refractivity contribution in [2.75, 3.05) is 5.73 Å². The van der Waals surface area contributed by atoms with Gasteiger partial charge in [0.05, 0.1) is 22.7 Å². The van der Waals surface area contributed by atoms with Gasteiger partial charge in [-0.25, -0.2) is 14.5 Å². The summed E-state index contributed by atoms with van der Waals surface area (Å²) in [6.07, 6.45) is 5.02. The lowest BCUT2D eigenvalue weighted by Crippen LogP contribution is -2.33. The van der Waals surface area contributed by atoms with Crippen LogP contribution in [0.5, 0.6) is 0 Å². The number of amides is 1. The Balaban J connectivity index is 1.45. The van der Waals surface area contributed by atoms with Gasteiger partial charge in [0.25, 0.3) is 11.5 Å². The number of thiophene rings is 1. The molecule has 1 amide bonds. The number of anilines is 1. The summed E-state index contributed by atoms with van der Waals surface area (Å²) in [6, 6.07) is 12.0. The Morgan fingerprint density at radius 2 is 1.92 bits per heavy atom. The summed E-state index contributed by atoms with van der Waals surface area (Å²) in [5, 5.41) is 13.6. The van der Waals surface area contributed by atoms with Crippen molar-refractivity contribution in [2.24, 2.45) is 7.05 Å². The van der Waals surface area contributed by atoms with Gasteiger partial charge in [0, 0.05) is 31.0 Å². The molecule has 0 aliphatic heterocycles. The summed E-state index contributed by atoms with van der Waals surface area (Å²) in [5.74, 6) is 6.02. The second-order valence-corrected chi connectivity index (χ2v) is 9.60. The maximum absolute atomic E-state index is 14.0. The van der Waals surface area contributed by atoms with Crippen LogP contribution in [0.15, 0.2) is 71.2 Å². The first-order valence-corrected chi connectivity index (χ1v) is 12.8. The van der Waals surface area contributed by atoms with E-state index >= 15 is 0 Å². The summed E-state index contributed by atoms with van der Waals surface area (Å²) in [5.41, 5.74) is 8.02. The minimum Gasteiger partial charge on any atom is -0.381 e. The van der Waals surface area contributed by atoms with Gasteiger partial charge in [-0.05, 0) is 37.1 Å². The third kappa shape index (κ3) is 4.30. The molecule has 0 spiro atoms. The number of nitrogens with zero attached hydrogens (tertiary/aromatic N) is 7. The highest BCUT2D eigenvalue weighted by atomic mass is 32.1. The summed E-state index contributed by atoms with van der Waals surface area (Å²) < 4.78 is 4.61. The van der Waals surface area contributed by atoms with Crippen LogP contribution >= 0.6 is 11.3 Å². The Morgan fingerprint density at radius 3 is 2.69 bits per heavy atom. The van der Waals surface area contributed by atoms with Gasteiger partial charge in [-0.15, -0.1) is 16.4 Å². The molecule has 11 nitrogen and oxygen atoms in total. The number of hydrogen-bond donors (Lipinski definition) is 2. The number of nitrogen functional groups attached to an aromatic ring is 1. The maximum atomic E-state index is 14.0. The number of hydrogen-bond acceptors (Lipinski definition) is 8. The predicted octanol–water partition coefficient (Wildman–Crippen LogP) is 2.70. The first kappa shape index (κ1) is 24.1. The zero-order chi connectivity index (χ0) is 27.1. The van der Waals surface area contributed by atoms with E-state index in [1.807, 2.05) is 42.8 Å². The average molecular weight is 536 g/mol. The van der Waals surface area contributed by atoms with Crippen LogP contribution in [-0.2, 0) is 7.05 Å². The molecule has 1 aromatic carbocycles. The van der Waals surface area contributed by atoms with Crippen molar-refractivity contribution < 1.29 is 4.79 Å². The Hall–Kier alpha value is -5.28. The smallest absolute Gasteiger partial charge is 0.268 e. The zero-order valence-corrected chi connectivity index (χ0v) is 21.7. The van der Waals surface area contributed by atoms with Crippen LogP contribution in [0.1, 0.15) is 40.4 Å². The molecule has 0 unspecified atom stereocenters. The first-order chi connectivity index (χ1) is 18.9. The van der Waals surface area contributed by atoms with Crippen molar-refractivity contribution in [3.05, 3.63) is 99.4 Å². The van der Waals surface area contributed by atoms with E-state index in [9.17, 15) is 9.59 Å². The van der Waals surface area contributed by atoms with Crippen LogP contribution in [0.25, 0.3) is 21.6 Å². The largest absolute Gasteiger partial charge is 0.381 e. The molecule has 12 heteroatoms. The quantitative estimate of drug-likeness (QED) is 0.331. The first-order valence-electron chi connectivity index (χ1n) is 11.9. The van der Waals surface area contributed by atoms with E-state index in [1.54, 1.807) is 42.3 Å². The highest BCUT2D eigenvalue weighted by Gasteiger charge is 2.25. The van der Waals surface area contributed by atoms with Gasteiger partial charge in [0.15, 0.2) is 11.5 Å². The zero-order valence-electron chi connectivity index (χ0n) is 20.9. The Kier molecular flexibility index (Phi) is 5.90. The van der Waals surface area contributed by atoms with E-state index in [4.69, 9.17) is 10.7 Å². The molecule has 0 aliphatic rings. The van der Waals surface area contributed by atoms with E-state index in [0.717, 1.165) is 0 Å². The van der Waals surface area contributed by atoms with Gasteiger partial charge in [0.2, 0.25) is 0 Å². The second-order valence-electron chi connectivity index (χ2n) is 8.74. The number of fused-ring (bicyclic) bond motifs is 2. The molecule has 192 valence electrons. The van der Waals surface area contributed by atoms with E-state index in [2.05, 4.69) is 32.3 Å². The number of nitrogens with two attached hydrogens (primary N) is 1. The van der Waals surface area contributed by atoms with Gasteiger partial charge in [-0.1, -0.05) is 24.1 Å². The monoisotopic (exact) mass is 535 g/mol. The SMILES string of the molecule is C[C@@H](NC(=O)c1c(N)nn2cccnc12)c1nc2scc(C#Cc3ccn(C)n3)c2c(=O)n1-c1ccccc1. The molecule has 0 fully saturated rings. The molecule has 5 aromatic heterocycles. The van der Waals surface area contributed by atoms with Gasteiger partial charge in [-0.2, -0.15) is 5.10 Å². The molecule has 0 saturated carbocycles. The molecule has 1 atom stereocenters. The lowest BCUT2D eigenvalue weighted by molar-refractivity contribution is 0.0940. The number of benzene rings is 1. The molecular formula is C27H21N9O2S. The van der Waals surface area contributed by atoms with Crippen molar-refractivity contribution in [3.8, 4) is 17.5 Å². The number of carbonyl (C=O) groups is 1. The molecule has 0 radical (unpaired) electrons. The minimum absolute atomic E-state index is 0.0524. The molecule has 3 N–H and O–H groups in total. The van der Waals surface area contributed by atoms with Crippen LogP contribution in [0.2, 0.25) is 0 Å². The standard InChI is InChI=1S/C27H21N9O2S/c1-16(30-25(37)21-22(28)33-35-13-6-12-29-24(21)35)23-31-26-20(27(38)36(23)19-7-4-3-5-8-19)17(15-39-26)9-10-18-11-14-34(2)32-18/h3-8,11-16H,1-2H3,(H2,28,33)(H,30,37)/t16-/m1/s1. The predicted molar refractivity (Wildman–Crippen MR) is 148 cm³/mol. The van der Waals surface area contributed by atoms with E-state index in [0.29, 0.717) is 38.6 Å². The third-order valence-electron chi connectivity index (χ3n) is 6.07. The highest BCUT2D eigenvalue weighted by Crippen LogP contribution is 2.25. The number of aryl methyl sites for hydroxylation is 1. The molecule has 6 rings (SSSR count).